The van der Waals surface area contributed by atoms with Crippen LogP contribution in [-0.2, 0) is 0 Å². The number of hydrogen-bond donors (Lipinski definition) is 0. The van der Waals surface area contributed by atoms with Crippen LogP contribution in [0.2, 0.25) is 0 Å². The SMILES string of the molecule is Bc1c(B)c(B)c(-c2cccc(-n3c4ccccc4c4cc(-c5ccc6c(c5)c5ccccc5n6-c5c(-c6c(B)c(B)c(B)c(B)c6B)cc(S(c6ccccc6)(c6ccccc6)c6ccccc6)cc5-c5c(B)c(B)c(B)c(B)c5B)ccc43)c2)c(B)c1B. The monoisotopic (exact) mass is 1150 g/mol. The summed E-state index contributed by atoms with van der Waals surface area (Å²) in [5.41, 5.74) is 37.4. The van der Waals surface area contributed by atoms with Gasteiger partial charge in [-0.25, -0.2) is 0 Å². The Morgan fingerprint density at radius 1 is 0.222 bits per heavy atom. The van der Waals surface area contributed by atoms with Gasteiger partial charge in [0.2, 0.25) is 0 Å². The van der Waals surface area contributed by atoms with Gasteiger partial charge in [0.15, 0.2) is 0 Å². The van der Waals surface area contributed by atoms with Gasteiger partial charge in [0.1, 0.15) is 118 Å². The van der Waals surface area contributed by atoms with Gasteiger partial charge in [0.25, 0.3) is 0 Å². The summed E-state index contributed by atoms with van der Waals surface area (Å²) in [5, 5.41) is 4.93. The quantitative estimate of drug-likeness (QED) is 0.121. The molecule has 0 saturated heterocycles. The Morgan fingerprint density at radius 2 is 0.556 bits per heavy atom. The first-order valence-electron chi connectivity index (χ1n) is 32.0. The predicted molar refractivity (Wildman–Crippen MR) is 440 cm³/mol. The highest BCUT2D eigenvalue weighted by Crippen LogP contribution is 2.74. The topological polar surface area (TPSA) is 9.86 Å². The lowest BCUT2D eigenvalue weighted by Crippen LogP contribution is -2.55. The van der Waals surface area contributed by atoms with Crippen LogP contribution < -0.4 is 81.9 Å². The van der Waals surface area contributed by atoms with Gasteiger partial charge in [-0.2, -0.15) is 0 Å². The molecule has 12 aromatic carbocycles. The molecule has 0 aliphatic rings. The van der Waals surface area contributed by atoms with Gasteiger partial charge in [-0.05, 0) is 130 Å². The van der Waals surface area contributed by atoms with Crippen LogP contribution in [0.25, 0.3) is 99.5 Å². The molecule has 14 aromatic rings. The Bertz CT molecular complexity index is 5050. The molecule has 0 atom stereocenters. The largest absolute Gasteiger partial charge is 0.309 e. The van der Waals surface area contributed by atoms with Crippen LogP contribution in [0.3, 0.4) is 0 Å². The molecular formula is C72H65B15N2S. The van der Waals surface area contributed by atoms with Crippen molar-refractivity contribution in [1.29, 1.82) is 0 Å². The number of para-hydroxylation sites is 2. The molecule has 0 N–H and O–H groups in total. The van der Waals surface area contributed by atoms with Crippen molar-refractivity contribution >= 4 is 253 Å². The summed E-state index contributed by atoms with van der Waals surface area (Å²) in [6.07, 6.45) is 0. The molecule has 90 heavy (non-hydrogen) atoms. The van der Waals surface area contributed by atoms with E-state index < -0.39 is 10.0 Å². The first kappa shape index (κ1) is 59.2. The first-order chi connectivity index (χ1) is 43.4. The molecule has 0 fully saturated rings. The molecule has 0 amide bonds. The summed E-state index contributed by atoms with van der Waals surface area (Å²) in [6.45, 7) is 0. The van der Waals surface area contributed by atoms with E-state index >= 15 is 0 Å². The van der Waals surface area contributed by atoms with Crippen molar-refractivity contribution in [3.63, 3.8) is 0 Å². The van der Waals surface area contributed by atoms with E-state index in [1.165, 1.54) is 195 Å². The van der Waals surface area contributed by atoms with Crippen LogP contribution in [0, 0.1) is 0 Å². The Hall–Kier alpha value is -8.44. The minimum atomic E-state index is -2.16. The zero-order valence-corrected chi connectivity index (χ0v) is 55.8. The zero-order chi connectivity index (χ0) is 62.8. The number of benzene rings is 12. The van der Waals surface area contributed by atoms with Gasteiger partial charge in [-0.15, -0.1) is 59.2 Å². The van der Waals surface area contributed by atoms with Crippen molar-refractivity contribution in [2.75, 3.05) is 0 Å². The van der Waals surface area contributed by atoms with E-state index in [1.54, 1.807) is 0 Å². The molecule has 0 spiro atoms. The lowest BCUT2D eigenvalue weighted by atomic mass is 9.58. The number of aromatic nitrogens is 2. The second-order valence-corrected chi connectivity index (χ2v) is 28.7. The molecule has 0 aliphatic carbocycles. The van der Waals surface area contributed by atoms with E-state index in [-0.39, 0.29) is 0 Å². The molecule has 0 radical (unpaired) electrons. The first-order valence-corrected chi connectivity index (χ1v) is 33.6. The van der Waals surface area contributed by atoms with Gasteiger partial charge >= 0.3 is 0 Å². The second-order valence-electron chi connectivity index (χ2n) is 25.6. The van der Waals surface area contributed by atoms with Gasteiger partial charge < -0.3 is 9.13 Å². The highest BCUT2D eigenvalue weighted by Gasteiger charge is 2.37. The minimum Gasteiger partial charge on any atom is -0.309 e. The van der Waals surface area contributed by atoms with Crippen LogP contribution in [0.15, 0.2) is 232 Å². The average molecular weight is 1150 g/mol. The molecule has 2 heterocycles. The van der Waals surface area contributed by atoms with E-state index in [0.717, 1.165) is 5.69 Å². The molecular weight excluding hydrogens is 1090 g/mol. The van der Waals surface area contributed by atoms with E-state index in [2.05, 4.69) is 339 Å². The van der Waals surface area contributed by atoms with Crippen LogP contribution in [-0.4, -0.2) is 127 Å². The molecule has 0 bridgehead atoms. The van der Waals surface area contributed by atoms with E-state index in [4.69, 9.17) is 0 Å². The number of hydrogen-bond acceptors (Lipinski definition) is 0. The third-order valence-electron chi connectivity index (χ3n) is 21.6. The van der Waals surface area contributed by atoms with Crippen molar-refractivity contribution in [2.24, 2.45) is 0 Å². The number of nitrogens with zero attached hydrogens (tertiary/aromatic N) is 2. The highest BCUT2D eigenvalue weighted by molar-refractivity contribution is 8.34. The van der Waals surface area contributed by atoms with Crippen LogP contribution in [0.5, 0.6) is 0 Å². The highest BCUT2D eigenvalue weighted by atomic mass is 32.3. The fourth-order valence-electron chi connectivity index (χ4n) is 15.5. The summed E-state index contributed by atoms with van der Waals surface area (Å²) in [5.74, 6) is 0. The van der Waals surface area contributed by atoms with Crippen LogP contribution >= 0.6 is 10.0 Å². The normalized spacial score (nSPS) is 12.0. The Morgan fingerprint density at radius 3 is 0.967 bits per heavy atom. The standard InChI is InChI=1S/C72H65B15N2S/c73-57-54(58(74)64(80)69(85)63(57)79)38-15-14-16-39(31-38)88-50-25-12-10-23-44(50)46-32-36(27-29-52(46)88)37-28-30-53-47(33-37)45-24-11-13-26-51(45)89(53)72-48(55-59(75)65(81)70(86)66(82)60(55)76)34-43(35-49(72)56-61(77)67(83)71(87)68(84)62(56)78)90(40-17-4-1-5-18-40,41-19-6-2-7-20-41)42-21-8-3-9-22-42/h1-35H,73-87H2. The summed E-state index contributed by atoms with van der Waals surface area (Å²) in [7, 11) is 32.7. The van der Waals surface area contributed by atoms with Gasteiger partial charge in [0, 0.05) is 57.9 Å². The Balaban J connectivity index is 1.07. The zero-order valence-electron chi connectivity index (χ0n) is 55.0. The fraction of sp³-hybridized carbons (Fsp3) is 0. The minimum absolute atomic E-state index is 1.16. The van der Waals surface area contributed by atoms with Crippen LogP contribution in [0.1, 0.15) is 0 Å². The molecule has 0 unspecified atom stereocenters. The van der Waals surface area contributed by atoms with E-state index in [9.17, 15) is 0 Å². The van der Waals surface area contributed by atoms with Gasteiger partial charge in [-0.1, -0.05) is 148 Å². The molecule has 2 nitrogen and oxygen atoms in total. The van der Waals surface area contributed by atoms with Gasteiger partial charge in [0.05, 0.1) is 27.8 Å². The maximum absolute atomic E-state index is 2.66. The fourth-order valence-corrected chi connectivity index (χ4v) is 19.4. The Kier molecular flexibility index (Phi) is 15.0. The van der Waals surface area contributed by atoms with Crippen molar-refractivity contribution in [3.05, 3.63) is 212 Å². The smallest absolute Gasteiger partial charge is 0.139 e. The van der Waals surface area contributed by atoms with Gasteiger partial charge in [-0.3, -0.25) is 0 Å². The lowest BCUT2D eigenvalue weighted by molar-refractivity contribution is 1.17. The van der Waals surface area contributed by atoms with Crippen molar-refractivity contribution in [2.45, 2.75) is 19.6 Å². The van der Waals surface area contributed by atoms with Crippen molar-refractivity contribution in [1.82, 2.24) is 9.13 Å². The number of rotatable bonds is 10. The third-order valence-corrected chi connectivity index (χ3v) is 25.4. The molecule has 18 heteroatoms. The van der Waals surface area contributed by atoms with Crippen molar-refractivity contribution < 1.29 is 0 Å². The van der Waals surface area contributed by atoms with Crippen LogP contribution in [0.4, 0.5) is 0 Å². The van der Waals surface area contributed by atoms with E-state index in [1.807, 2.05) is 0 Å². The van der Waals surface area contributed by atoms with E-state index in [0.29, 0.717) is 0 Å². The summed E-state index contributed by atoms with van der Waals surface area (Å²) in [6, 6.07) is 81.2. The molecule has 0 aliphatic heterocycles. The maximum Gasteiger partial charge on any atom is 0.139 e. The molecule has 414 valence electrons. The maximum atomic E-state index is 2.66. The Labute approximate surface area is 546 Å². The second kappa shape index (κ2) is 22.8. The molecule has 2 aromatic heterocycles. The molecule has 14 rings (SSSR count). The summed E-state index contributed by atoms with van der Waals surface area (Å²) >= 11 is 0. The summed E-state index contributed by atoms with van der Waals surface area (Å²) in [4.78, 5) is 5.21. The molecule has 0 saturated carbocycles. The number of fused-ring (bicyclic) bond motifs is 6. The lowest BCUT2D eigenvalue weighted by Gasteiger charge is -2.43. The average Bonchev–Trinajstić information content (AvgIpc) is 1.13. The summed E-state index contributed by atoms with van der Waals surface area (Å²) < 4.78 is 5.13. The van der Waals surface area contributed by atoms with Crippen molar-refractivity contribution in [3.8, 4) is 55.9 Å². The third kappa shape index (κ3) is 9.00. The predicted octanol–water partition coefficient (Wildman–Crippen LogP) is -6.23.